The fourth-order valence-corrected chi connectivity index (χ4v) is 4.04. The van der Waals surface area contributed by atoms with Gasteiger partial charge in [-0.3, -0.25) is 0 Å². The minimum Gasteiger partial charge on any atom is -0.349 e. The normalized spacial score (nSPS) is 45.2. The van der Waals surface area contributed by atoms with Crippen LogP contribution < -0.4 is 0 Å². The first kappa shape index (κ1) is 18.3. The monoisotopic (exact) mass is 355 g/mol. The average molecular weight is 355 g/mol. The zero-order chi connectivity index (χ0) is 18.0. The van der Waals surface area contributed by atoms with Gasteiger partial charge in [0.05, 0.1) is 19.2 Å². The van der Waals surface area contributed by atoms with Crippen molar-refractivity contribution >= 4 is 0 Å². The molecule has 0 aromatic rings. The molecule has 0 aromatic carbocycles. The van der Waals surface area contributed by atoms with E-state index in [9.17, 15) is 13.2 Å². The van der Waals surface area contributed by atoms with Gasteiger partial charge in [-0.15, -0.1) is 0 Å². The number of methoxy groups -OCH3 is 2. The molecule has 0 unspecified atom stereocenters. The third kappa shape index (κ3) is 2.40. The SMILES string of the molecule is CON1C[C@H]2O[C@](C)(OC)[C@@](C)(OC)O[C@@H]2[C@@H](C(F)(F)F)C12CC2. The lowest BCUT2D eigenvalue weighted by atomic mass is 9.81. The van der Waals surface area contributed by atoms with E-state index in [0.717, 1.165) is 0 Å². The maximum atomic E-state index is 13.9. The average Bonchev–Trinajstić information content (AvgIpc) is 3.28. The molecule has 0 bridgehead atoms. The smallest absolute Gasteiger partial charge is 0.349 e. The minimum absolute atomic E-state index is 0.173. The van der Waals surface area contributed by atoms with Crippen LogP contribution >= 0.6 is 0 Å². The second kappa shape index (κ2) is 5.52. The summed E-state index contributed by atoms with van der Waals surface area (Å²) in [4.78, 5) is 5.25. The second-order valence-electron chi connectivity index (χ2n) is 6.90. The molecule has 3 aliphatic rings. The van der Waals surface area contributed by atoms with Gasteiger partial charge in [-0.05, 0) is 26.7 Å². The van der Waals surface area contributed by atoms with E-state index in [4.69, 9.17) is 23.8 Å². The molecule has 1 saturated carbocycles. The Labute approximate surface area is 139 Å². The van der Waals surface area contributed by atoms with Crippen LogP contribution in [-0.2, 0) is 23.8 Å². The van der Waals surface area contributed by atoms with Gasteiger partial charge in [0.25, 0.3) is 0 Å². The van der Waals surface area contributed by atoms with Crippen LogP contribution in [-0.4, -0.2) is 68.4 Å². The van der Waals surface area contributed by atoms with E-state index in [1.807, 2.05) is 0 Å². The lowest BCUT2D eigenvalue weighted by Gasteiger charge is -2.58. The number of halogens is 3. The van der Waals surface area contributed by atoms with Crippen LogP contribution in [0.5, 0.6) is 0 Å². The van der Waals surface area contributed by atoms with Gasteiger partial charge >= 0.3 is 6.18 Å². The van der Waals surface area contributed by atoms with E-state index in [1.54, 1.807) is 6.92 Å². The van der Waals surface area contributed by atoms with Crippen LogP contribution in [0.1, 0.15) is 26.7 Å². The maximum absolute atomic E-state index is 13.9. The largest absolute Gasteiger partial charge is 0.396 e. The van der Waals surface area contributed by atoms with Gasteiger partial charge in [0.15, 0.2) is 0 Å². The summed E-state index contributed by atoms with van der Waals surface area (Å²) in [7, 11) is 4.15. The Kier molecular flexibility index (Phi) is 4.22. The molecule has 0 aromatic heterocycles. The number of hydroxylamine groups is 2. The number of hydrogen-bond acceptors (Lipinski definition) is 6. The van der Waals surface area contributed by atoms with Crippen molar-refractivity contribution < 1.29 is 37.0 Å². The van der Waals surface area contributed by atoms with Gasteiger partial charge in [-0.25, -0.2) is 0 Å². The molecule has 1 aliphatic carbocycles. The van der Waals surface area contributed by atoms with Crippen LogP contribution in [0, 0.1) is 5.92 Å². The highest BCUT2D eigenvalue weighted by Gasteiger charge is 2.73. The molecule has 9 heteroatoms. The summed E-state index contributed by atoms with van der Waals surface area (Å²) in [6.07, 6.45) is -5.68. The molecule has 140 valence electrons. The number of rotatable bonds is 3. The van der Waals surface area contributed by atoms with E-state index in [1.165, 1.54) is 33.3 Å². The summed E-state index contributed by atoms with van der Waals surface area (Å²) in [5, 5.41) is 1.39. The van der Waals surface area contributed by atoms with Crippen LogP contribution in [0.25, 0.3) is 0 Å². The molecule has 0 amide bonds. The number of hydrogen-bond donors (Lipinski definition) is 0. The van der Waals surface area contributed by atoms with E-state index in [-0.39, 0.29) is 6.54 Å². The minimum atomic E-state index is -4.45. The number of fused-ring (bicyclic) bond motifs is 1. The molecule has 5 atom stereocenters. The molecule has 2 aliphatic heterocycles. The summed E-state index contributed by atoms with van der Waals surface area (Å²) in [6, 6.07) is 0. The Morgan fingerprint density at radius 2 is 1.54 bits per heavy atom. The van der Waals surface area contributed by atoms with Gasteiger partial charge in [0, 0.05) is 14.2 Å². The standard InChI is InChI=1S/C15H24F3NO5/c1-12(20-3)13(2,21-4)24-10-9(23-12)8-19(22-5)14(6-7-14)11(10)15(16,17)18/h9-11H,6-8H2,1-5H3/t9-,10+,11-,12+,13+/m1/s1. The van der Waals surface area contributed by atoms with Crippen molar-refractivity contribution in [2.45, 2.75) is 62.2 Å². The van der Waals surface area contributed by atoms with Gasteiger partial charge in [0.1, 0.15) is 18.1 Å². The fourth-order valence-electron chi connectivity index (χ4n) is 4.04. The van der Waals surface area contributed by atoms with Gasteiger partial charge in [-0.1, -0.05) is 0 Å². The Hall–Kier alpha value is -0.450. The quantitative estimate of drug-likeness (QED) is 0.773. The maximum Gasteiger partial charge on any atom is 0.396 e. The molecule has 6 nitrogen and oxygen atoms in total. The van der Waals surface area contributed by atoms with Crippen molar-refractivity contribution in [2.75, 3.05) is 27.9 Å². The summed E-state index contributed by atoms with van der Waals surface area (Å²) in [6.45, 7) is 3.29. The summed E-state index contributed by atoms with van der Waals surface area (Å²) < 4.78 is 64.2. The van der Waals surface area contributed by atoms with Crippen LogP contribution in [0.15, 0.2) is 0 Å². The topological polar surface area (TPSA) is 49.4 Å². The molecule has 2 heterocycles. The zero-order valence-corrected chi connectivity index (χ0v) is 14.5. The Bertz CT molecular complexity index is 500. The molecule has 1 spiro atoms. The second-order valence-corrected chi connectivity index (χ2v) is 6.90. The fraction of sp³-hybridized carbons (Fsp3) is 1.00. The van der Waals surface area contributed by atoms with E-state index < -0.39 is 41.4 Å². The first-order valence-electron chi connectivity index (χ1n) is 7.91. The van der Waals surface area contributed by atoms with Crippen molar-refractivity contribution in [3.8, 4) is 0 Å². The Balaban J connectivity index is 2.01. The molecule has 3 fully saturated rings. The summed E-state index contributed by atoms with van der Waals surface area (Å²) in [5.74, 6) is -4.52. The Morgan fingerprint density at radius 1 is 1.00 bits per heavy atom. The highest BCUT2D eigenvalue weighted by molar-refractivity contribution is 5.16. The predicted molar refractivity (Wildman–Crippen MR) is 75.8 cm³/mol. The third-order valence-corrected chi connectivity index (χ3v) is 5.79. The molecule has 0 N–H and O–H groups in total. The first-order chi connectivity index (χ1) is 11.1. The zero-order valence-electron chi connectivity index (χ0n) is 14.5. The van der Waals surface area contributed by atoms with E-state index >= 15 is 0 Å². The first-order valence-corrected chi connectivity index (χ1v) is 7.91. The predicted octanol–water partition coefficient (Wildman–Crippen LogP) is 2.08. The lowest BCUT2D eigenvalue weighted by Crippen LogP contribution is -2.73. The highest BCUT2D eigenvalue weighted by atomic mass is 19.4. The van der Waals surface area contributed by atoms with Crippen LogP contribution in [0.3, 0.4) is 0 Å². The highest BCUT2D eigenvalue weighted by Crippen LogP contribution is 2.60. The third-order valence-electron chi connectivity index (χ3n) is 5.79. The number of piperidine rings is 1. The summed E-state index contributed by atoms with van der Waals surface area (Å²) >= 11 is 0. The Morgan fingerprint density at radius 3 is 1.96 bits per heavy atom. The molecular formula is C15H24F3NO5. The lowest BCUT2D eigenvalue weighted by molar-refractivity contribution is -0.475. The van der Waals surface area contributed by atoms with Crippen molar-refractivity contribution in [1.29, 1.82) is 0 Å². The molecule has 0 radical (unpaired) electrons. The van der Waals surface area contributed by atoms with Crippen molar-refractivity contribution in [3.05, 3.63) is 0 Å². The van der Waals surface area contributed by atoms with E-state index in [2.05, 4.69) is 0 Å². The number of alkyl halides is 3. The van der Waals surface area contributed by atoms with Crippen molar-refractivity contribution in [3.63, 3.8) is 0 Å². The van der Waals surface area contributed by atoms with Gasteiger partial charge in [0.2, 0.25) is 11.6 Å². The molecular weight excluding hydrogens is 331 g/mol. The van der Waals surface area contributed by atoms with Gasteiger partial charge < -0.3 is 23.8 Å². The van der Waals surface area contributed by atoms with Gasteiger partial charge in [-0.2, -0.15) is 18.2 Å². The molecule has 3 rings (SSSR count). The molecule has 24 heavy (non-hydrogen) atoms. The number of ether oxygens (including phenoxy) is 4. The van der Waals surface area contributed by atoms with Crippen molar-refractivity contribution in [1.82, 2.24) is 5.06 Å². The number of nitrogens with zero attached hydrogens (tertiary/aromatic N) is 1. The summed E-state index contributed by atoms with van der Waals surface area (Å²) in [5.41, 5.74) is -1.09. The van der Waals surface area contributed by atoms with Crippen LogP contribution in [0.2, 0.25) is 0 Å². The van der Waals surface area contributed by atoms with E-state index in [0.29, 0.717) is 12.8 Å². The van der Waals surface area contributed by atoms with Crippen molar-refractivity contribution in [2.24, 2.45) is 5.92 Å². The molecule has 2 saturated heterocycles. The van der Waals surface area contributed by atoms with Crippen LogP contribution in [0.4, 0.5) is 13.2 Å².